The van der Waals surface area contributed by atoms with Crippen molar-refractivity contribution in [2.75, 3.05) is 0 Å². The summed E-state index contributed by atoms with van der Waals surface area (Å²) in [4.78, 5) is 19.6. The number of hydrogen-bond donors (Lipinski definition) is 1. The van der Waals surface area contributed by atoms with E-state index in [1.54, 1.807) is 18.2 Å². The van der Waals surface area contributed by atoms with Crippen molar-refractivity contribution in [3.05, 3.63) is 81.0 Å². The molecule has 6 nitrogen and oxygen atoms in total. The van der Waals surface area contributed by atoms with Gasteiger partial charge in [0.25, 0.3) is 5.56 Å². The maximum Gasteiger partial charge on any atom is 0.573 e. The van der Waals surface area contributed by atoms with E-state index in [-0.39, 0.29) is 34.6 Å². The molecule has 1 N–H and O–H groups in total. The number of H-pyrrole nitrogens is 1. The largest absolute Gasteiger partial charge is 0.573 e. The summed E-state index contributed by atoms with van der Waals surface area (Å²) >= 11 is 6.32. The zero-order valence-corrected chi connectivity index (χ0v) is 16.3. The zero-order valence-electron chi connectivity index (χ0n) is 15.5. The van der Waals surface area contributed by atoms with Gasteiger partial charge in [0, 0.05) is 12.0 Å². The van der Waals surface area contributed by atoms with Gasteiger partial charge >= 0.3 is 6.36 Å². The Hall–Kier alpha value is -3.33. The van der Waals surface area contributed by atoms with Gasteiger partial charge in [0.15, 0.2) is 5.65 Å². The van der Waals surface area contributed by atoms with Gasteiger partial charge in [-0.1, -0.05) is 41.9 Å². The number of alkyl halides is 3. The maximum atomic E-state index is 12.7. The second kappa shape index (κ2) is 7.49. The first-order valence-electron chi connectivity index (χ1n) is 8.79. The van der Waals surface area contributed by atoms with E-state index in [2.05, 4.69) is 19.8 Å². The molecule has 0 radical (unpaired) electrons. The second-order valence-corrected chi connectivity index (χ2v) is 6.95. The Morgan fingerprint density at radius 1 is 1.17 bits per heavy atom. The van der Waals surface area contributed by atoms with Gasteiger partial charge in [-0.05, 0) is 24.6 Å². The van der Waals surface area contributed by atoms with Crippen LogP contribution >= 0.6 is 11.6 Å². The SMILES string of the molecule is Cc1cccc(Cl)c1-n1ncc2c(=O)[nH]c(Cc3ccccc3OC(F)(F)F)nc21. The third kappa shape index (κ3) is 3.88. The van der Waals surface area contributed by atoms with Crippen molar-refractivity contribution >= 4 is 22.6 Å². The van der Waals surface area contributed by atoms with Crippen LogP contribution in [0.3, 0.4) is 0 Å². The summed E-state index contributed by atoms with van der Waals surface area (Å²) in [6.45, 7) is 1.84. The number of ether oxygens (including phenoxy) is 1. The molecule has 30 heavy (non-hydrogen) atoms. The van der Waals surface area contributed by atoms with E-state index in [1.165, 1.54) is 29.1 Å². The van der Waals surface area contributed by atoms with Gasteiger partial charge in [-0.15, -0.1) is 13.2 Å². The van der Waals surface area contributed by atoms with E-state index in [9.17, 15) is 18.0 Å². The van der Waals surface area contributed by atoms with E-state index in [0.717, 1.165) is 5.56 Å². The molecule has 2 heterocycles. The molecule has 0 aliphatic rings. The lowest BCUT2D eigenvalue weighted by atomic mass is 10.1. The first kappa shape index (κ1) is 20.0. The van der Waals surface area contributed by atoms with Crippen molar-refractivity contribution in [2.45, 2.75) is 19.7 Å². The second-order valence-electron chi connectivity index (χ2n) is 6.54. The van der Waals surface area contributed by atoms with Crippen LogP contribution in [0.5, 0.6) is 5.75 Å². The van der Waals surface area contributed by atoms with Gasteiger partial charge < -0.3 is 9.72 Å². The Bertz CT molecular complexity index is 1280. The number of hydrogen-bond acceptors (Lipinski definition) is 4. The fourth-order valence-corrected chi connectivity index (χ4v) is 3.46. The summed E-state index contributed by atoms with van der Waals surface area (Å²) < 4.78 is 43.6. The maximum absolute atomic E-state index is 12.7. The van der Waals surface area contributed by atoms with Crippen LogP contribution < -0.4 is 10.3 Å². The van der Waals surface area contributed by atoms with Crippen LogP contribution in [-0.4, -0.2) is 26.1 Å². The molecule has 2 aromatic heterocycles. The summed E-state index contributed by atoms with van der Waals surface area (Å²) in [7, 11) is 0. The molecular formula is C20H14ClF3N4O2. The van der Waals surface area contributed by atoms with E-state index in [0.29, 0.717) is 10.7 Å². The van der Waals surface area contributed by atoms with Gasteiger partial charge in [-0.3, -0.25) is 4.79 Å². The minimum absolute atomic E-state index is 0.0792. The molecule has 0 spiro atoms. The van der Waals surface area contributed by atoms with Crippen molar-refractivity contribution in [3.8, 4) is 11.4 Å². The fraction of sp³-hybridized carbons (Fsp3) is 0.150. The lowest BCUT2D eigenvalue weighted by Gasteiger charge is -2.13. The summed E-state index contributed by atoms with van der Waals surface area (Å²) in [5.74, 6) is -0.194. The highest BCUT2D eigenvalue weighted by molar-refractivity contribution is 6.32. The van der Waals surface area contributed by atoms with Crippen molar-refractivity contribution in [1.29, 1.82) is 0 Å². The van der Waals surface area contributed by atoms with Crippen molar-refractivity contribution in [3.63, 3.8) is 0 Å². The van der Waals surface area contributed by atoms with Crippen molar-refractivity contribution in [2.24, 2.45) is 0 Å². The van der Waals surface area contributed by atoms with E-state index < -0.39 is 11.9 Å². The number of nitrogens with zero attached hydrogens (tertiary/aromatic N) is 3. The van der Waals surface area contributed by atoms with Crippen LogP contribution in [0.4, 0.5) is 13.2 Å². The van der Waals surface area contributed by atoms with Gasteiger partial charge in [0.2, 0.25) is 0 Å². The number of aromatic nitrogens is 4. The number of aryl methyl sites for hydroxylation is 1. The molecule has 0 saturated carbocycles. The Morgan fingerprint density at radius 3 is 2.67 bits per heavy atom. The molecule has 4 rings (SSSR count). The Kier molecular flexibility index (Phi) is 4.98. The molecular weight excluding hydrogens is 421 g/mol. The highest BCUT2D eigenvalue weighted by atomic mass is 35.5. The van der Waals surface area contributed by atoms with Crippen LogP contribution in [0.1, 0.15) is 17.0 Å². The number of halogens is 4. The van der Waals surface area contributed by atoms with Crippen LogP contribution in [0.15, 0.2) is 53.5 Å². The zero-order chi connectivity index (χ0) is 21.5. The predicted molar refractivity (Wildman–Crippen MR) is 105 cm³/mol. The molecule has 0 amide bonds. The van der Waals surface area contributed by atoms with Crippen LogP contribution in [0.25, 0.3) is 16.7 Å². The first-order chi connectivity index (χ1) is 14.2. The number of benzene rings is 2. The van der Waals surface area contributed by atoms with E-state index in [4.69, 9.17) is 11.6 Å². The number of fused-ring (bicyclic) bond motifs is 1. The molecule has 4 aromatic rings. The van der Waals surface area contributed by atoms with E-state index in [1.807, 2.05) is 13.0 Å². The molecule has 0 aliphatic carbocycles. The molecule has 0 unspecified atom stereocenters. The molecule has 0 saturated heterocycles. The number of aromatic amines is 1. The molecule has 0 fully saturated rings. The van der Waals surface area contributed by atoms with Crippen LogP contribution in [0.2, 0.25) is 5.02 Å². The van der Waals surface area contributed by atoms with Crippen molar-refractivity contribution in [1.82, 2.24) is 19.7 Å². The quantitative estimate of drug-likeness (QED) is 0.511. The van der Waals surface area contributed by atoms with Gasteiger partial charge in [0.1, 0.15) is 17.0 Å². The Labute approximate surface area is 172 Å². The highest BCUT2D eigenvalue weighted by Crippen LogP contribution is 2.28. The van der Waals surface area contributed by atoms with Gasteiger partial charge in [-0.2, -0.15) is 5.10 Å². The van der Waals surface area contributed by atoms with Gasteiger partial charge in [0.05, 0.1) is 16.9 Å². The Balaban J connectivity index is 1.81. The average molecular weight is 435 g/mol. The third-order valence-corrected chi connectivity index (χ3v) is 4.75. The first-order valence-corrected chi connectivity index (χ1v) is 9.17. The molecule has 0 bridgehead atoms. The number of rotatable bonds is 4. The standard InChI is InChI=1S/C20H14ClF3N4O2/c1-11-5-4-7-14(21)17(11)28-18-13(10-25-28)19(29)27-16(26-18)9-12-6-2-3-8-15(12)30-20(22,23)24/h2-8,10H,9H2,1H3,(H,26,27,29). The van der Waals surface area contributed by atoms with Crippen LogP contribution in [-0.2, 0) is 6.42 Å². The van der Waals surface area contributed by atoms with Crippen molar-refractivity contribution < 1.29 is 17.9 Å². The highest BCUT2D eigenvalue weighted by Gasteiger charge is 2.32. The summed E-state index contributed by atoms with van der Waals surface area (Å²) in [5, 5.41) is 4.90. The normalized spacial score (nSPS) is 11.8. The fourth-order valence-electron chi connectivity index (χ4n) is 3.16. The summed E-state index contributed by atoms with van der Waals surface area (Å²) in [6.07, 6.45) is -3.54. The average Bonchev–Trinajstić information content (AvgIpc) is 3.06. The lowest BCUT2D eigenvalue weighted by molar-refractivity contribution is -0.274. The molecule has 0 aliphatic heterocycles. The molecule has 0 atom stereocenters. The summed E-state index contributed by atoms with van der Waals surface area (Å²) in [5.41, 5.74) is 1.40. The molecule has 10 heteroatoms. The predicted octanol–water partition coefficient (Wildman–Crippen LogP) is 4.56. The lowest BCUT2D eigenvalue weighted by Crippen LogP contribution is -2.18. The number of nitrogens with one attached hydrogen (secondary N) is 1. The summed E-state index contributed by atoms with van der Waals surface area (Å²) in [6, 6.07) is 11.0. The topological polar surface area (TPSA) is 72.8 Å². The monoisotopic (exact) mass is 434 g/mol. The van der Waals surface area contributed by atoms with Crippen LogP contribution in [0, 0.1) is 6.92 Å². The minimum atomic E-state index is -4.83. The van der Waals surface area contributed by atoms with Gasteiger partial charge in [-0.25, -0.2) is 9.67 Å². The Morgan fingerprint density at radius 2 is 1.93 bits per heavy atom. The molecule has 2 aromatic carbocycles. The van der Waals surface area contributed by atoms with E-state index >= 15 is 0 Å². The molecule has 154 valence electrons. The third-order valence-electron chi connectivity index (χ3n) is 4.44. The smallest absolute Gasteiger partial charge is 0.405 e. The number of para-hydroxylation sites is 2. The minimum Gasteiger partial charge on any atom is -0.405 e.